The van der Waals surface area contributed by atoms with E-state index in [1.165, 1.54) is 10.6 Å². The van der Waals surface area contributed by atoms with Gasteiger partial charge in [-0.15, -0.1) is 0 Å². The van der Waals surface area contributed by atoms with Gasteiger partial charge in [-0.05, 0) is 88.6 Å². The second kappa shape index (κ2) is 10.8. The van der Waals surface area contributed by atoms with Crippen molar-refractivity contribution in [1.29, 1.82) is 0 Å². The third-order valence-electron chi connectivity index (χ3n) is 9.48. The number of pyridine rings is 1. The summed E-state index contributed by atoms with van der Waals surface area (Å²) >= 11 is 0. The second-order valence-corrected chi connectivity index (χ2v) is 14.6. The smallest absolute Gasteiger partial charge is 0.254 e. The Hall–Kier alpha value is -3.64. The van der Waals surface area contributed by atoms with Crippen molar-refractivity contribution in [3.63, 3.8) is 0 Å². The molecule has 0 radical (unpaired) electrons. The number of imidazole rings is 1. The Morgan fingerprint density at radius 1 is 1.11 bits per heavy atom. The van der Waals surface area contributed by atoms with Gasteiger partial charge in [-0.3, -0.25) is 9.10 Å². The lowest BCUT2D eigenvalue weighted by Crippen LogP contribution is -2.52. The summed E-state index contributed by atoms with van der Waals surface area (Å²) in [6, 6.07) is 9.77. The highest BCUT2D eigenvalue weighted by Gasteiger charge is 2.35. The summed E-state index contributed by atoms with van der Waals surface area (Å²) in [7, 11) is -1.83. The van der Waals surface area contributed by atoms with Gasteiger partial charge in [0, 0.05) is 48.7 Å². The molecule has 4 heterocycles. The first-order chi connectivity index (χ1) is 21.1. The van der Waals surface area contributed by atoms with Crippen LogP contribution in [0.4, 0.5) is 5.82 Å². The maximum atomic E-state index is 13.8. The minimum Gasteiger partial charge on any atom is -0.494 e. The van der Waals surface area contributed by atoms with Gasteiger partial charge in [0.1, 0.15) is 22.7 Å². The zero-order chi connectivity index (χ0) is 30.9. The number of benzene rings is 1. The number of piperidine rings is 1. The number of carbonyl (C=O) groups is 1. The van der Waals surface area contributed by atoms with Crippen LogP contribution in [-0.4, -0.2) is 76.9 Å². The third kappa shape index (κ3) is 5.01. The molecule has 7 rings (SSSR count). The first-order valence-electron chi connectivity index (χ1n) is 15.7. The third-order valence-corrected chi connectivity index (χ3v) is 10.7. The van der Waals surface area contributed by atoms with Gasteiger partial charge in [-0.2, -0.15) is 0 Å². The van der Waals surface area contributed by atoms with Crippen molar-refractivity contribution >= 4 is 43.8 Å². The molecule has 2 aliphatic carbocycles. The van der Waals surface area contributed by atoms with Crippen LogP contribution < -0.4 is 14.8 Å². The number of hydrogen-bond donors (Lipinski definition) is 1. The molecule has 234 valence electrons. The molecule has 3 aliphatic rings. The molecule has 3 aromatic heterocycles. The molecule has 44 heavy (non-hydrogen) atoms. The molecular weight excluding hydrogens is 578 g/mol. The van der Waals surface area contributed by atoms with E-state index in [-0.39, 0.29) is 24.0 Å². The maximum absolute atomic E-state index is 13.8. The van der Waals surface area contributed by atoms with Crippen molar-refractivity contribution < 1.29 is 17.9 Å². The lowest BCUT2D eigenvalue weighted by Gasteiger charge is -2.37. The van der Waals surface area contributed by atoms with Gasteiger partial charge >= 0.3 is 0 Å². The number of fused-ring (bicyclic) bond motifs is 2. The zero-order valence-corrected chi connectivity index (χ0v) is 26.7. The lowest BCUT2D eigenvalue weighted by atomic mass is 9.97. The molecule has 2 saturated carbocycles. The predicted molar refractivity (Wildman–Crippen MR) is 172 cm³/mol. The number of sulfonamides is 1. The topological polar surface area (TPSA) is 129 Å². The lowest BCUT2D eigenvalue weighted by molar-refractivity contribution is 0.0605. The standard InChI is InChI=1S/C32H41N7O4S/c1-5-38(44(4,41)42)28-13-10-21-16-26(37(30(21)35-28)18-20-8-9-20)31-34-25-15-22(32(40)36-14-6-7-24(33)19(36)2)17-27(43-3)29(25)39(31)23-11-12-23/h10,13,15-17,19-20,23-24H,5-9,11-12,14,18,33H2,1-4H3/t19-,24-/m1/s1. The van der Waals surface area contributed by atoms with E-state index in [9.17, 15) is 13.2 Å². The fraction of sp³-hybridized carbons (Fsp3) is 0.531. The van der Waals surface area contributed by atoms with E-state index in [1.807, 2.05) is 36.9 Å². The molecule has 1 aliphatic heterocycles. The van der Waals surface area contributed by atoms with E-state index >= 15 is 0 Å². The summed E-state index contributed by atoms with van der Waals surface area (Å²) in [5.41, 5.74) is 10.2. The normalized spacial score (nSPS) is 20.9. The summed E-state index contributed by atoms with van der Waals surface area (Å²) in [6.45, 7) is 5.59. The number of carbonyl (C=O) groups excluding carboxylic acids is 1. The highest BCUT2D eigenvalue weighted by atomic mass is 32.2. The number of ether oxygens (including phenoxy) is 1. The molecule has 1 saturated heterocycles. The van der Waals surface area contributed by atoms with E-state index in [0.29, 0.717) is 36.1 Å². The average Bonchev–Trinajstić information content (AvgIpc) is 3.93. The number of likely N-dealkylation sites (tertiary alicyclic amines) is 1. The van der Waals surface area contributed by atoms with Gasteiger partial charge in [0.2, 0.25) is 10.0 Å². The van der Waals surface area contributed by atoms with Crippen LogP contribution in [0.2, 0.25) is 0 Å². The first-order valence-corrected chi connectivity index (χ1v) is 17.6. The second-order valence-electron chi connectivity index (χ2n) is 12.7. The summed E-state index contributed by atoms with van der Waals surface area (Å²) in [5.74, 6) is 2.34. The Balaban J connectivity index is 1.39. The monoisotopic (exact) mass is 619 g/mol. The largest absolute Gasteiger partial charge is 0.494 e. The molecule has 2 N–H and O–H groups in total. The Morgan fingerprint density at radius 2 is 1.89 bits per heavy atom. The van der Waals surface area contributed by atoms with Crippen LogP contribution in [0.15, 0.2) is 30.3 Å². The summed E-state index contributed by atoms with van der Waals surface area (Å²) in [6.07, 6.45) is 7.39. The van der Waals surface area contributed by atoms with Crippen LogP contribution in [-0.2, 0) is 16.6 Å². The van der Waals surface area contributed by atoms with Gasteiger partial charge < -0.3 is 24.5 Å². The van der Waals surface area contributed by atoms with Gasteiger partial charge in [0.25, 0.3) is 5.91 Å². The Kier molecular flexibility index (Phi) is 7.12. The molecule has 12 heteroatoms. The van der Waals surface area contributed by atoms with E-state index < -0.39 is 10.0 Å². The number of anilines is 1. The van der Waals surface area contributed by atoms with Gasteiger partial charge in [0.05, 0.1) is 24.6 Å². The number of nitrogens with two attached hydrogens (primary N) is 1. The van der Waals surface area contributed by atoms with Gasteiger partial charge in [0.15, 0.2) is 5.82 Å². The fourth-order valence-electron chi connectivity index (χ4n) is 6.72. The van der Waals surface area contributed by atoms with E-state index in [2.05, 4.69) is 15.2 Å². The van der Waals surface area contributed by atoms with Crippen molar-refractivity contribution in [1.82, 2.24) is 24.0 Å². The van der Waals surface area contributed by atoms with E-state index in [4.69, 9.17) is 20.4 Å². The Labute approximate surface area is 258 Å². The van der Waals surface area contributed by atoms with Crippen molar-refractivity contribution in [2.24, 2.45) is 11.7 Å². The molecule has 0 spiro atoms. The summed E-state index contributed by atoms with van der Waals surface area (Å²) in [5, 5.41) is 0.932. The van der Waals surface area contributed by atoms with Crippen LogP contribution in [0, 0.1) is 5.92 Å². The molecule has 4 aromatic rings. The van der Waals surface area contributed by atoms with Crippen molar-refractivity contribution in [2.45, 2.75) is 77.0 Å². The number of rotatable bonds is 9. The van der Waals surface area contributed by atoms with Crippen LogP contribution in [0.25, 0.3) is 33.6 Å². The highest BCUT2D eigenvalue weighted by Crippen LogP contribution is 2.45. The number of nitrogens with zero attached hydrogens (tertiary/aromatic N) is 6. The molecule has 3 fully saturated rings. The summed E-state index contributed by atoms with van der Waals surface area (Å²) < 4.78 is 36.8. The van der Waals surface area contributed by atoms with Gasteiger partial charge in [-0.25, -0.2) is 18.4 Å². The predicted octanol–water partition coefficient (Wildman–Crippen LogP) is 4.54. The maximum Gasteiger partial charge on any atom is 0.254 e. The SMILES string of the molecule is CCN(c1ccc2cc(-c3nc4cc(C(=O)N5CCC[C@@H](N)[C@H]5C)cc(OC)c4n3C3CC3)n(CC3CC3)c2n1)S(C)(=O)=O. The first kappa shape index (κ1) is 29.1. The zero-order valence-electron chi connectivity index (χ0n) is 25.9. The molecule has 0 unspecified atom stereocenters. The van der Waals surface area contributed by atoms with Crippen molar-refractivity contribution in [3.8, 4) is 17.3 Å². The molecule has 0 bridgehead atoms. The molecule has 11 nitrogen and oxygen atoms in total. The number of methoxy groups -OCH3 is 1. The highest BCUT2D eigenvalue weighted by molar-refractivity contribution is 7.92. The Morgan fingerprint density at radius 3 is 2.55 bits per heavy atom. The quantitative estimate of drug-likeness (QED) is 0.291. The van der Waals surface area contributed by atoms with E-state index in [1.54, 1.807) is 13.2 Å². The van der Waals surface area contributed by atoms with Crippen LogP contribution >= 0.6 is 0 Å². The molecule has 2 atom stereocenters. The minimum absolute atomic E-state index is 0.0386. The van der Waals surface area contributed by atoms with Crippen LogP contribution in [0.3, 0.4) is 0 Å². The van der Waals surface area contributed by atoms with Crippen molar-refractivity contribution in [2.75, 3.05) is 30.8 Å². The number of hydrogen-bond acceptors (Lipinski definition) is 7. The summed E-state index contributed by atoms with van der Waals surface area (Å²) in [4.78, 5) is 25.8. The molecule has 1 amide bonds. The average molecular weight is 620 g/mol. The van der Waals surface area contributed by atoms with Crippen LogP contribution in [0.5, 0.6) is 5.75 Å². The number of aromatic nitrogens is 4. The van der Waals surface area contributed by atoms with Crippen LogP contribution in [0.1, 0.15) is 68.8 Å². The Bertz CT molecular complexity index is 1870. The molecule has 1 aromatic carbocycles. The van der Waals surface area contributed by atoms with Crippen molar-refractivity contribution in [3.05, 3.63) is 35.9 Å². The number of amides is 1. The molecular formula is C32H41N7O4S. The van der Waals surface area contributed by atoms with Gasteiger partial charge in [-0.1, -0.05) is 0 Å². The fourth-order valence-corrected chi connectivity index (χ4v) is 7.63. The minimum atomic E-state index is -3.47. The van der Waals surface area contributed by atoms with E-state index in [0.717, 1.165) is 78.7 Å².